The van der Waals surface area contributed by atoms with E-state index in [2.05, 4.69) is 15.5 Å². The number of nitrogens with zero attached hydrogens (tertiary/aromatic N) is 1. The highest BCUT2D eigenvalue weighted by molar-refractivity contribution is 5.63. The standard InChI is InChI=1S/C22H22F3N3O/c23-22(24,25)17-7-5-15(6-8-17)21-16(14-27-28-21)13-26-18-9-11-20(12-10-18)29-19-3-1-2-4-19/h5-12,14,19,26H,1-4,13H2,(H,27,28). The summed E-state index contributed by atoms with van der Waals surface area (Å²) >= 11 is 0. The van der Waals surface area contributed by atoms with Crippen molar-refractivity contribution >= 4 is 5.69 Å². The fraction of sp³-hybridized carbons (Fsp3) is 0.318. The SMILES string of the molecule is FC(F)(F)c1ccc(-c2n[nH]cc2CNc2ccc(OC3CCCC3)cc2)cc1. The number of nitrogens with one attached hydrogen (secondary N) is 2. The van der Waals surface area contributed by atoms with Crippen molar-refractivity contribution in [2.45, 2.75) is 44.5 Å². The van der Waals surface area contributed by atoms with Crippen LogP contribution in [0.3, 0.4) is 0 Å². The van der Waals surface area contributed by atoms with E-state index in [-0.39, 0.29) is 0 Å². The Labute approximate surface area is 167 Å². The summed E-state index contributed by atoms with van der Waals surface area (Å²) in [5.41, 5.74) is 2.40. The molecule has 0 atom stereocenters. The van der Waals surface area contributed by atoms with E-state index in [9.17, 15) is 13.2 Å². The molecule has 2 N–H and O–H groups in total. The smallest absolute Gasteiger partial charge is 0.416 e. The molecule has 152 valence electrons. The summed E-state index contributed by atoms with van der Waals surface area (Å²) in [5.74, 6) is 0.871. The third-order valence-electron chi connectivity index (χ3n) is 5.15. The van der Waals surface area contributed by atoms with Crippen LogP contribution in [-0.2, 0) is 12.7 Å². The van der Waals surface area contributed by atoms with Crippen LogP contribution in [0.4, 0.5) is 18.9 Å². The van der Waals surface area contributed by atoms with Gasteiger partial charge in [-0.05, 0) is 62.1 Å². The molecular weight excluding hydrogens is 379 g/mol. The third kappa shape index (κ3) is 4.72. The lowest BCUT2D eigenvalue weighted by Gasteiger charge is -2.13. The van der Waals surface area contributed by atoms with E-state index in [1.54, 1.807) is 6.20 Å². The van der Waals surface area contributed by atoms with Gasteiger partial charge in [0, 0.05) is 29.6 Å². The van der Waals surface area contributed by atoms with E-state index in [4.69, 9.17) is 4.74 Å². The van der Waals surface area contributed by atoms with Gasteiger partial charge in [0.15, 0.2) is 0 Å². The number of aromatic amines is 1. The van der Waals surface area contributed by atoms with Crippen LogP contribution < -0.4 is 10.1 Å². The van der Waals surface area contributed by atoms with Crippen molar-refractivity contribution in [1.29, 1.82) is 0 Å². The van der Waals surface area contributed by atoms with Crippen LogP contribution in [0.15, 0.2) is 54.7 Å². The van der Waals surface area contributed by atoms with Gasteiger partial charge in [0.1, 0.15) is 5.75 Å². The van der Waals surface area contributed by atoms with Crippen LogP contribution in [0.25, 0.3) is 11.3 Å². The first kappa shape index (κ1) is 19.4. The van der Waals surface area contributed by atoms with Gasteiger partial charge in [-0.25, -0.2) is 0 Å². The molecule has 4 rings (SSSR count). The minimum atomic E-state index is -4.35. The van der Waals surface area contributed by atoms with Crippen molar-refractivity contribution in [3.8, 4) is 17.0 Å². The number of ether oxygens (including phenoxy) is 1. The Morgan fingerprint density at radius 2 is 1.69 bits per heavy atom. The fourth-order valence-electron chi connectivity index (χ4n) is 3.56. The van der Waals surface area contributed by atoms with Crippen LogP contribution in [0.5, 0.6) is 5.75 Å². The summed E-state index contributed by atoms with van der Waals surface area (Å²) in [6, 6.07) is 12.9. The van der Waals surface area contributed by atoms with Crippen LogP contribution in [0, 0.1) is 0 Å². The van der Waals surface area contributed by atoms with Gasteiger partial charge < -0.3 is 10.1 Å². The van der Waals surface area contributed by atoms with Crippen molar-refractivity contribution < 1.29 is 17.9 Å². The molecule has 1 aliphatic carbocycles. The van der Waals surface area contributed by atoms with Crippen LogP contribution in [0.1, 0.15) is 36.8 Å². The molecular formula is C22H22F3N3O. The van der Waals surface area contributed by atoms with Crippen molar-refractivity contribution in [2.24, 2.45) is 0 Å². The average molecular weight is 401 g/mol. The minimum absolute atomic E-state index is 0.325. The lowest BCUT2D eigenvalue weighted by Crippen LogP contribution is -2.10. The molecule has 7 heteroatoms. The van der Waals surface area contributed by atoms with Crippen molar-refractivity contribution in [1.82, 2.24) is 10.2 Å². The Hall–Kier alpha value is -2.96. The number of rotatable bonds is 6. The Kier molecular flexibility index (Phi) is 5.47. The molecule has 1 aliphatic rings. The highest BCUT2D eigenvalue weighted by atomic mass is 19.4. The second kappa shape index (κ2) is 8.19. The van der Waals surface area contributed by atoms with Crippen molar-refractivity contribution in [2.75, 3.05) is 5.32 Å². The van der Waals surface area contributed by atoms with Crippen molar-refractivity contribution in [3.05, 3.63) is 65.9 Å². The lowest BCUT2D eigenvalue weighted by molar-refractivity contribution is -0.137. The van der Waals surface area contributed by atoms with Gasteiger partial charge >= 0.3 is 6.18 Å². The molecule has 3 aromatic rings. The normalized spacial score (nSPS) is 14.9. The predicted molar refractivity (Wildman–Crippen MR) is 106 cm³/mol. The number of H-pyrrole nitrogens is 1. The van der Waals surface area contributed by atoms with Gasteiger partial charge in [0.2, 0.25) is 0 Å². The zero-order valence-corrected chi connectivity index (χ0v) is 15.8. The molecule has 1 fully saturated rings. The summed E-state index contributed by atoms with van der Waals surface area (Å²) in [6.07, 6.45) is 2.43. The molecule has 2 aromatic carbocycles. The second-order valence-corrected chi connectivity index (χ2v) is 7.24. The van der Waals surface area contributed by atoms with Gasteiger partial charge in [-0.1, -0.05) is 12.1 Å². The molecule has 0 spiro atoms. The largest absolute Gasteiger partial charge is 0.490 e. The zero-order chi connectivity index (χ0) is 20.3. The lowest BCUT2D eigenvalue weighted by atomic mass is 10.1. The molecule has 1 heterocycles. The fourth-order valence-corrected chi connectivity index (χ4v) is 3.56. The number of anilines is 1. The topological polar surface area (TPSA) is 49.9 Å². The Morgan fingerprint density at radius 3 is 2.34 bits per heavy atom. The van der Waals surface area contributed by atoms with E-state index < -0.39 is 11.7 Å². The van der Waals surface area contributed by atoms with Gasteiger partial charge in [0.25, 0.3) is 0 Å². The van der Waals surface area contributed by atoms with Gasteiger partial charge in [0.05, 0.1) is 17.4 Å². The first-order chi connectivity index (χ1) is 14.0. The number of benzene rings is 2. The maximum absolute atomic E-state index is 12.8. The van der Waals surface area contributed by atoms with Crippen LogP contribution in [-0.4, -0.2) is 16.3 Å². The quantitative estimate of drug-likeness (QED) is 0.530. The average Bonchev–Trinajstić information content (AvgIpc) is 3.39. The highest BCUT2D eigenvalue weighted by Crippen LogP contribution is 2.31. The Balaban J connectivity index is 1.39. The number of aromatic nitrogens is 2. The van der Waals surface area contributed by atoms with E-state index in [0.29, 0.717) is 23.9 Å². The summed E-state index contributed by atoms with van der Waals surface area (Å²) < 4.78 is 44.2. The predicted octanol–water partition coefficient (Wildman–Crippen LogP) is 6.03. The number of hydrogen-bond acceptors (Lipinski definition) is 3. The second-order valence-electron chi connectivity index (χ2n) is 7.24. The Morgan fingerprint density at radius 1 is 1.00 bits per heavy atom. The van der Waals surface area contributed by atoms with Gasteiger partial charge in [-0.3, -0.25) is 5.10 Å². The molecule has 29 heavy (non-hydrogen) atoms. The summed E-state index contributed by atoms with van der Waals surface area (Å²) in [6.45, 7) is 0.496. The summed E-state index contributed by atoms with van der Waals surface area (Å²) in [4.78, 5) is 0. The minimum Gasteiger partial charge on any atom is -0.490 e. The van der Waals surface area contributed by atoms with E-state index in [1.165, 1.54) is 25.0 Å². The number of hydrogen-bond donors (Lipinski definition) is 2. The highest BCUT2D eigenvalue weighted by Gasteiger charge is 2.30. The number of halogens is 3. The Bertz CT molecular complexity index is 927. The van der Waals surface area contributed by atoms with E-state index in [0.717, 1.165) is 42.0 Å². The maximum atomic E-state index is 12.8. The molecule has 0 saturated heterocycles. The summed E-state index contributed by atoms with van der Waals surface area (Å²) in [7, 11) is 0. The molecule has 1 aromatic heterocycles. The molecule has 0 bridgehead atoms. The molecule has 1 saturated carbocycles. The molecule has 4 nitrogen and oxygen atoms in total. The number of alkyl halides is 3. The third-order valence-corrected chi connectivity index (χ3v) is 5.15. The molecule has 0 aliphatic heterocycles. The van der Waals surface area contributed by atoms with E-state index >= 15 is 0 Å². The zero-order valence-electron chi connectivity index (χ0n) is 15.8. The van der Waals surface area contributed by atoms with E-state index in [1.807, 2.05) is 24.3 Å². The van der Waals surface area contributed by atoms with Crippen molar-refractivity contribution in [3.63, 3.8) is 0 Å². The first-order valence-corrected chi connectivity index (χ1v) is 9.70. The first-order valence-electron chi connectivity index (χ1n) is 9.70. The van der Waals surface area contributed by atoms with Crippen LogP contribution in [0.2, 0.25) is 0 Å². The summed E-state index contributed by atoms with van der Waals surface area (Å²) in [5, 5.41) is 10.3. The molecule has 0 amide bonds. The van der Waals surface area contributed by atoms with Crippen LogP contribution >= 0.6 is 0 Å². The molecule has 0 radical (unpaired) electrons. The molecule has 0 unspecified atom stereocenters. The van der Waals surface area contributed by atoms with Gasteiger partial charge in [-0.2, -0.15) is 18.3 Å². The maximum Gasteiger partial charge on any atom is 0.416 e. The van der Waals surface area contributed by atoms with Gasteiger partial charge in [-0.15, -0.1) is 0 Å². The monoisotopic (exact) mass is 401 g/mol.